The van der Waals surface area contributed by atoms with E-state index in [1.807, 2.05) is 36.4 Å². The van der Waals surface area contributed by atoms with Crippen LogP contribution in [-0.4, -0.2) is 33.4 Å². The van der Waals surface area contributed by atoms with Gasteiger partial charge in [0, 0.05) is 17.2 Å². The van der Waals surface area contributed by atoms with E-state index in [9.17, 15) is 4.79 Å². The van der Waals surface area contributed by atoms with E-state index in [1.54, 1.807) is 7.11 Å². The molecule has 3 rings (SSSR count). The van der Waals surface area contributed by atoms with Gasteiger partial charge in [-0.1, -0.05) is 49.9 Å². The lowest BCUT2D eigenvalue weighted by molar-refractivity contribution is 0.102. The average Bonchev–Trinajstić information content (AvgIpc) is 3.21. The van der Waals surface area contributed by atoms with Crippen molar-refractivity contribution in [3.63, 3.8) is 0 Å². The van der Waals surface area contributed by atoms with Gasteiger partial charge >= 0.3 is 0 Å². The predicted octanol–water partition coefficient (Wildman–Crippen LogP) is 6.02. The fraction of sp³-hybridized carbons (Fsp3) is 0.375. The van der Waals surface area contributed by atoms with Gasteiger partial charge in [0.05, 0.1) is 12.9 Å². The molecule has 3 aromatic rings. The number of carbonyl (C=O) groups excluding carboxylic acids is 1. The summed E-state index contributed by atoms with van der Waals surface area (Å²) in [5.74, 6) is 2.52. The Morgan fingerprint density at radius 3 is 2.27 bits per heavy atom. The molecule has 30 heavy (non-hydrogen) atoms. The van der Waals surface area contributed by atoms with Crippen molar-refractivity contribution in [2.24, 2.45) is 0 Å². The van der Waals surface area contributed by atoms with Gasteiger partial charge in [-0.25, -0.2) is 0 Å². The Hall–Kier alpha value is -2.60. The minimum atomic E-state index is 0.0972. The molecule has 0 aliphatic heterocycles. The van der Waals surface area contributed by atoms with Crippen molar-refractivity contribution in [1.82, 2.24) is 14.8 Å². The van der Waals surface area contributed by atoms with E-state index in [4.69, 9.17) is 4.74 Å². The summed E-state index contributed by atoms with van der Waals surface area (Å²) in [4.78, 5) is 12.7. The first kappa shape index (κ1) is 22.1. The number of rotatable bonds is 9. The molecule has 0 radical (unpaired) electrons. The third-order valence-corrected chi connectivity index (χ3v) is 6.22. The quantitative estimate of drug-likeness (QED) is 0.311. The monoisotopic (exact) mass is 423 g/mol. The molecule has 0 fully saturated rings. The zero-order chi connectivity index (χ0) is 21.7. The minimum absolute atomic E-state index is 0.0972. The summed E-state index contributed by atoms with van der Waals surface area (Å²) < 4.78 is 7.31. The zero-order valence-corrected chi connectivity index (χ0v) is 19.1. The first-order chi connectivity index (χ1) is 14.4. The SMILES string of the molecule is CC[C@@H](C)c1ccc(C(=O)CSc2nnc(-c3ccc(OC)cc3)n2C(C)C)cc1. The standard InChI is InChI=1S/C24H29N3O2S/c1-6-17(4)18-7-9-19(10-8-18)22(28)15-30-24-26-25-23(27(24)16(2)3)20-11-13-21(29-5)14-12-20/h7-14,16-17H,6,15H2,1-5H3/t17-/m1/s1. The van der Waals surface area contributed by atoms with Gasteiger partial charge in [-0.2, -0.15) is 0 Å². The van der Waals surface area contributed by atoms with Crippen LogP contribution in [0.2, 0.25) is 0 Å². The average molecular weight is 424 g/mol. The van der Waals surface area contributed by atoms with Gasteiger partial charge in [0.15, 0.2) is 16.8 Å². The lowest BCUT2D eigenvalue weighted by Gasteiger charge is -2.14. The summed E-state index contributed by atoms with van der Waals surface area (Å²) >= 11 is 1.43. The van der Waals surface area contributed by atoms with Crippen molar-refractivity contribution in [1.29, 1.82) is 0 Å². The molecule has 2 aromatic carbocycles. The maximum Gasteiger partial charge on any atom is 0.192 e. The number of ketones is 1. The number of nitrogens with zero attached hydrogens (tertiary/aromatic N) is 3. The number of methoxy groups -OCH3 is 1. The van der Waals surface area contributed by atoms with Crippen molar-refractivity contribution < 1.29 is 9.53 Å². The van der Waals surface area contributed by atoms with E-state index in [1.165, 1.54) is 17.3 Å². The van der Waals surface area contributed by atoms with Crippen LogP contribution in [0.3, 0.4) is 0 Å². The van der Waals surface area contributed by atoms with E-state index in [0.717, 1.165) is 34.3 Å². The van der Waals surface area contributed by atoms with Gasteiger partial charge in [0.1, 0.15) is 5.75 Å². The zero-order valence-electron chi connectivity index (χ0n) is 18.3. The van der Waals surface area contributed by atoms with Crippen molar-refractivity contribution in [2.75, 3.05) is 12.9 Å². The van der Waals surface area contributed by atoms with Crippen molar-refractivity contribution >= 4 is 17.5 Å². The summed E-state index contributed by atoms with van der Waals surface area (Å²) in [7, 11) is 1.65. The Bertz CT molecular complexity index is 979. The summed E-state index contributed by atoms with van der Waals surface area (Å²) in [6.07, 6.45) is 1.09. The first-order valence-electron chi connectivity index (χ1n) is 10.3. The molecule has 0 N–H and O–H groups in total. The van der Waals surface area contributed by atoms with Gasteiger partial charge < -0.3 is 4.74 Å². The van der Waals surface area contributed by atoms with Gasteiger partial charge in [-0.3, -0.25) is 9.36 Å². The van der Waals surface area contributed by atoms with Crippen LogP contribution >= 0.6 is 11.8 Å². The Morgan fingerprint density at radius 2 is 1.70 bits per heavy atom. The number of thioether (sulfide) groups is 1. The normalized spacial score (nSPS) is 12.2. The summed E-state index contributed by atoms with van der Waals surface area (Å²) in [5, 5.41) is 9.51. The molecule has 1 heterocycles. The highest BCUT2D eigenvalue weighted by Gasteiger charge is 2.18. The number of benzene rings is 2. The molecule has 0 aliphatic carbocycles. The number of aromatic nitrogens is 3. The Labute approximate surface area is 182 Å². The number of ether oxygens (including phenoxy) is 1. The lowest BCUT2D eigenvalue weighted by atomic mass is 9.97. The first-order valence-corrected chi connectivity index (χ1v) is 11.3. The molecule has 0 saturated carbocycles. The van der Waals surface area contributed by atoms with Gasteiger partial charge in [0.25, 0.3) is 0 Å². The Balaban J connectivity index is 1.75. The molecule has 1 aromatic heterocycles. The molecule has 0 aliphatic rings. The van der Waals surface area contributed by atoms with Crippen LogP contribution in [0, 0.1) is 0 Å². The maximum atomic E-state index is 12.7. The van der Waals surface area contributed by atoms with Crippen LogP contribution in [0.15, 0.2) is 53.7 Å². The summed E-state index contributed by atoms with van der Waals surface area (Å²) in [5.41, 5.74) is 2.97. The predicted molar refractivity (Wildman–Crippen MR) is 123 cm³/mol. The second-order valence-corrected chi connectivity index (χ2v) is 8.58. The molecule has 0 amide bonds. The van der Waals surface area contributed by atoms with Crippen LogP contribution in [0.25, 0.3) is 11.4 Å². The van der Waals surface area contributed by atoms with Crippen LogP contribution in [-0.2, 0) is 0 Å². The fourth-order valence-corrected chi connectivity index (χ4v) is 4.19. The number of hydrogen-bond donors (Lipinski definition) is 0. The van der Waals surface area contributed by atoms with Crippen LogP contribution in [0.1, 0.15) is 62.0 Å². The highest BCUT2D eigenvalue weighted by molar-refractivity contribution is 7.99. The second-order valence-electron chi connectivity index (χ2n) is 7.64. The Kier molecular flexibility index (Phi) is 7.32. The van der Waals surface area contributed by atoms with Crippen LogP contribution < -0.4 is 4.74 Å². The van der Waals surface area contributed by atoms with Crippen molar-refractivity contribution in [3.8, 4) is 17.1 Å². The van der Waals surface area contributed by atoms with Gasteiger partial charge in [-0.15, -0.1) is 10.2 Å². The molecular formula is C24H29N3O2S. The van der Waals surface area contributed by atoms with E-state index in [2.05, 4.69) is 54.6 Å². The lowest BCUT2D eigenvalue weighted by Crippen LogP contribution is -2.08. The van der Waals surface area contributed by atoms with Crippen LogP contribution in [0.4, 0.5) is 0 Å². The summed E-state index contributed by atoms with van der Waals surface area (Å²) in [6, 6.07) is 15.9. The maximum absolute atomic E-state index is 12.7. The Morgan fingerprint density at radius 1 is 1.03 bits per heavy atom. The second kappa shape index (κ2) is 9.94. The van der Waals surface area contributed by atoms with E-state index in [-0.39, 0.29) is 11.8 Å². The van der Waals surface area contributed by atoms with Crippen molar-refractivity contribution in [2.45, 2.75) is 51.2 Å². The topological polar surface area (TPSA) is 57.0 Å². The molecule has 5 nitrogen and oxygen atoms in total. The van der Waals surface area contributed by atoms with E-state index in [0.29, 0.717) is 11.7 Å². The molecule has 0 saturated heterocycles. The third kappa shape index (κ3) is 4.93. The van der Waals surface area contributed by atoms with E-state index >= 15 is 0 Å². The third-order valence-electron chi connectivity index (χ3n) is 5.28. The number of carbonyl (C=O) groups is 1. The minimum Gasteiger partial charge on any atom is -0.497 e. The van der Waals surface area contributed by atoms with Gasteiger partial charge in [0.2, 0.25) is 0 Å². The molecule has 6 heteroatoms. The smallest absolute Gasteiger partial charge is 0.192 e. The molecule has 1 atom stereocenters. The molecule has 0 bridgehead atoms. The number of hydrogen-bond acceptors (Lipinski definition) is 5. The van der Waals surface area contributed by atoms with E-state index < -0.39 is 0 Å². The van der Waals surface area contributed by atoms with Crippen LogP contribution in [0.5, 0.6) is 5.75 Å². The number of Topliss-reactive ketones (excluding diaryl/α,β-unsaturated/α-hetero) is 1. The summed E-state index contributed by atoms with van der Waals surface area (Å²) in [6.45, 7) is 8.56. The van der Waals surface area contributed by atoms with Crippen molar-refractivity contribution in [3.05, 3.63) is 59.7 Å². The van der Waals surface area contributed by atoms with Gasteiger partial charge in [-0.05, 0) is 56.0 Å². The molecular weight excluding hydrogens is 394 g/mol. The molecule has 0 unspecified atom stereocenters. The molecule has 158 valence electrons. The fourth-order valence-electron chi connectivity index (χ4n) is 3.22. The largest absolute Gasteiger partial charge is 0.497 e. The highest BCUT2D eigenvalue weighted by Crippen LogP contribution is 2.29. The highest BCUT2D eigenvalue weighted by atomic mass is 32.2. The molecule has 0 spiro atoms.